The van der Waals surface area contributed by atoms with Crippen molar-refractivity contribution < 1.29 is 4.48 Å². The minimum absolute atomic E-state index is 1.10. The van der Waals surface area contributed by atoms with Crippen LogP contribution in [0, 0.1) is 0 Å². The van der Waals surface area contributed by atoms with Gasteiger partial charge in [0, 0.05) is 41.2 Å². The van der Waals surface area contributed by atoms with E-state index in [9.17, 15) is 0 Å². The van der Waals surface area contributed by atoms with Gasteiger partial charge in [-0.2, -0.15) is 0 Å². The fourth-order valence-corrected chi connectivity index (χ4v) is 4.02. The average Bonchev–Trinajstić information content (AvgIpc) is 2.81. The predicted octanol–water partition coefficient (Wildman–Crippen LogP) is 3.88. The van der Waals surface area contributed by atoms with Crippen molar-refractivity contribution in [2.45, 2.75) is 19.5 Å². The van der Waals surface area contributed by atoms with Crippen molar-refractivity contribution in [3.05, 3.63) is 71.4 Å². The van der Waals surface area contributed by atoms with Gasteiger partial charge in [-0.3, -0.25) is 0 Å². The maximum atomic E-state index is 2.40. The van der Waals surface area contributed by atoms with E-state index in [1.54, 1.807) is 5.56 Å². The first-order valence-electron chi connectivity index (χ1n) is 8.09. The van der Waals surface area contributed by atoms with Crippen molar-refractivity contribution in [3.63, 3.8) is 0 Å². The molecular weight excluding hydrogens is 268 g/mol. The van der Waals surface area contributed by atoms with Crippen LogP contribution in [0.4, 0.5) is 0 Å². The molecule has 0 aliphatic carbocycles. The van der Waals surface area contributed by atoms with Crippen LogP contribution in [-0.4, -0.2) is 22.6 Å². The molecule has 0 saturated carbocycles. The third-order valence-electron chi connectivity index (χ3n) is 5.18. The van der Waals surface area contributed by atoms with E-state index in [2.05, 4.69) is 73.3 Å². The largest absolute Gasteiger partial charge is 0.347 e. The van der Waals surface area contributed by atoms with Crippen LogP contribution in [-0.2, 0) is 26.6 Å². The van der Waals surface area contributed by atoms with E-state index in [0.717, 1.165) is 17.6 Å². The zero-order valence-corrected chi connectivity index (χ0v) is 13.4. The summed E-state index contributed by atoms with van der Waals surface area (Å²) in [4.78, 5) is 0. The van der Waals surface area contributed by atoms with Crippen LogP contribution in [0.2, 0.25) is 0 Å². The Morgan fingerprint density at radius 2 is 1.73 bits per heavy atom. The van der Waals surface area contributed by atoms with Crippen LogP contribution in [0.3, 0.4) is 0 Å². The van der Waals surface area contributed by atoms with E-state index in [0.29, 0.717) is 0 Å². The molecule has 0 spiro atoms. The normalized spacial score (nSPS) is 21.0. The van der Waals surface area contributed by atoms with Crippen LogP contribution in [0.15, 0.2) is 54.6 Å². The van der Waals surface area contributed by atoms with Gasteiger partial charge in [0.25, 0.3) is 0 Å². The molecule has 0 radical (unpaired) electrons. The molecule has 2 aromatic carbocycles. The van der Waals surface area contributed by atoms with E-state index in [4.69, 9.17) is 0 Å². The van der Waals surface area contributed by atoms with Gasteiger partial charge >= 0.3 is 0 Å². The Morgan fingerprint density at radius 3 is 2.55 bits per heavy atom. The van der Waals surface area contributed by atoms with E-state index in [1.165, 1.54) is 35.1 Å². The molecule has 0 saturated heterocycles. The summed E-state index contributed by atoms with van der Waals surface area (Å²) >= 11 is 0. The van der Waals surface area contributed by atoms with Crippen LogP contribution in [0.1, 0.15) is 16.8 Å². The molecule has 1 aliphatic rings. The van der Waals surface area contributed by atoms with Crippen molar-refractivity contribution in [3.8, 4) is 0 Å². The molecule has 1 atom stereocenters. The van der Waals surface area contributed by atoms with Gasteiger partial charge in [0.1, 0.15) is 13.1 Å². The van der Waals surface area contributed by atoms with Gasteiger partial charge in [-0.15, -0.1) is 0 Å². The summed E-state index contributed by atoms with van der Waals surface area (Å²) in [5.74, 6) is 0. The van der Waals surface area contributed by atoms with Crippen LogP contribution < -0.4 is 0 Å². The highest BCUT2D eigenvalue weighted by Crippen LogP contribution is 2.33. The molecule has 22 heavy (non-hydrogen) atoms. The summed E-state index contributed by atoms with van der Waals surface area (Å²) in [5, 5.41) is 1.44. The number of quaternary nitrogens is 1. The molecule has 0 amide bonds. The first kappa shape index (κ1) is 13.6. The average molecular weight is 291 g/mol. The van der Waals surface area contributed by atoms with Crippen molar-refractivity contribution in [1.82, 2.24) is 4.57 Å². The predicted molar refractivity (Wildman–Crippen MR) is 91.5 cm³/mol. The molecule has 0 N–H and O–H groups in total. The molecule has 2 heterocycles. The lowest BCUT2D eigenvalue weighted by molar-refractivity contribution is -0.937. The maximum absolute atomic E-state index is 2.40. The molecule has 2 heteroatoms. The molecule has 2 nitrogen and oxygen atoms in total. The van der Waals surface area contributed by atoms with Gasteiger partial charge in [-0.05, 0) is 6.07 Å². The summed E-state index contributed by atoms with van der Waals surface area (Å²) < 4.78 is 3.50. The second kappa shape index (κ2) is 4.99. The number of rotatable bonds is 2. The second-order valence-electron chi connectivity index (χ2n) is 6.90. The molecule has 0 unspecified atom stereocenters. The van der Waals surface area contributed by atoms with E-state index in [-0.39, 0.29) is 0 Å². The van der Waals surface area contributed by atoms with Crippen LogP contribution in [0.5, 0.6) is 0 Å². The molecule has 3 aromatic rings. The monoisotopic (exact) mass is 291 g/mol. The van der Waals surface area contributed by atoms with E-state index in [1.807, 2.05) is 0 Å². The lowest BCUT2D eigenvalue weighted by atomic mass is 10.0. The summed E-state index contributed by atoms with van der Waals surface area (Å²) in [6, 6.07) is 19.7. The topological polar surface area (TPSA) is 4.93 Å². The molecular formula is C20H23N2+. The molecule has 1 aliphatic heterocycles. The number of benzene rings is 2. The first-order valence-corrected chi connectivity index (χ1v) is 8.09. The van der Waals surface area contributed by atoms with Crippen molar-refractivity contribution >= 4 is 10.9 Å². The van der Waals surface area contributed by atoms with Crippen molar-refractivity contribution in [2.24, 2.45) is 7.05 Å². The van der Waals surface area contributed by atoms with E-state index >= 15 is 0 Å². The third kappa shape index (κ3) is 2.15. The van der Waals surface area contributed by atoms with Gasteiger partial charge in [0.15, 0.2) is 0 Å². The molecule has 1 aromatic heterocycles. The third-order valence-corrected chi connectivity index (χ3v) is 5.18. The SMILES string of the molecule is Cn1c2c(c3ccccc31)C[N@+](C)(Cc1ccccc1)CC2. The van der Waals surface area contributed by atoms with Crippen LogP contribution in [0.25, 0.3) is 10.9 Å². The van der Waals surface area contributed by atoms with Gasteiger partial charge < -0.3 is 9.05 Å². The van der Waals surface area contributed by atoms with Crippen molar-refractivity contribution in [1.29, 1.82) is 0 Å². The number of aromatic nitrogens is 1. The Morgan fingerprint density at radius 1 is 1.00 bits per heavy atom. The highest BCUT2D eigenvalue weighted by atomic mass is 15.3. The zero-order chi connectivity index (χ0) is 15.2. The minimum Gasteiger partial charge on any atom is -0.347 e. The standard InChI is InChI=1S/C20H23N2/c1-21-19-11-7-6-10-17(19)18-15-22(2,13-12-20(18)21)14-16-8-4-3-5-9-16/h3-11H,12-15H2,1-2H3/q+1/t22-/m0/s1. The van der Waals surface area contributed by atoms with Gasteiger partial charge in [-0.25, -0.2) is 0 Å². The lowest BCUT2D eigenvalue weighted by Crippen LogP contribution is -2.46. The fourth-order valence-electron chi connectivity index (χ4n) is 4.02. The van der Waals surface area contributed by atoms with Gasteiger partial charge in [-0.1, -0.05) is 48.5 Å². The summed E-state index contributed by atoms with van der Waals surface area (Å²) in [7, 11) is 4.62. The highest BCUT2D eigenvalue weighted by Gasteiger charge is 2.32. The smallest absolute Gasteiger partial charge is 0.107 e. The van der Waals surface area contributed by atoms with Gasteiger partial charge in [0.2, 0.25) is 0 Å². The highest BCUT2D eigenvalue weighted by molar-refractivity contribution is 5.85. The summed E-state index contributed by atoms with van der Waals surface area (Å²) in [6.07, 6.45) is 1.17. The number of likely N-dealkylation sites (N-methyl/N-ethyl adjacent to an activating group) is 1. The Hall–Kier alpha value is -2.06. The number of fused-ring (bicyclic) bond motifs is 3. The minimum atomic E-state index is 1.10. The summed E-state index contributed by atoms with van der Waals surface area (Å²) in [5.41, 5.74) is 5.90. The number of para-hydroxylation sites is 1. The number of aryl methyl sites for hydroxylation is 1. The molecule has 4 rings (SSSR count). The Bertz CT molecular complexity index is 816. The lowest BCUT2D eigenvalue weighted by Gasteiger charge is -2.38. The molecule has 0 fully saturated rings. The van der Waals surface area contributed by atoms with Crippen LogP contribution >= 0.6 is 0 Å². The second-order valence-corrected chi connectivity index (χ2v) is 6.90. The van der Waals surface area contributed by atoms with Gasteiger partial charge in [0.05, 0.1) is 13.6 Å². The maximum Gasteiger partial charge on any atom is 0.107 e. The van der Waals surface area contributed by atoms with E-state index < -0.39 is 0 Å². The number of nitrogens with zero attached hydrogens (tertiary/aromatic N) is 2. The number of hydrogen-bond acceptors (Lipinski definition) is 0. The Kier molecular flexibility index (Phi) is 3.08. The Labute approximate surface area is 132 Å². The molecule has 112 valence electrons. The Balaban J connectivity index is 1.73. The zero-order valence-electron chi connectivity index (χ0n) is 13.4. The summed E-state index contributed by atoms with van der Waals surface area (Å²) in [6.45, 7) is 3.46. The van der Waals surface area contributed by atoms with Crippen molar-refractivity contribution in [2.75, 3.05) is 13.6 Å². The molecule has 0 bridgehead atoms. The number of hydrogen-bond donors (Lipinski definition) is 0. The quantitative estimate of drug-likeness (QED) is 0.631. The fraction of sp³-hybridized carbons (Fsp3) is 0.300. The first-order chi connectivity index (χ1) is 10.7.